The van der Waals surface area contributed by atoms with Gasteiger partial charge in [-0.25, -0.2) is 0 Å². The predicted octanol–water partition coefficient (Wildman–Crippen LogP) is -0.648. The predicted molar refractivity (Wildman–Crippen MR) is 105 cm³/mol. The molecule has 4 unspecified atom stereocenters. The molecule has 0 saturated heterocycles. The van der Waals surface area contributed by atoms with E-state index >= 15 is 0 Å². The molecule has 4 atom stereocenters. The molecular weight excluding hydrogens is 382 g/mol. The van der Waals surface area contributed by atoms with Crippen LogP contribution in [0.2, 0.25) is 0 Å². The fourth-order valence-electron chi connectivity index (χ4n) is 1.95. The van der Waals surface area contributed by atoms with Gasteiger partial charge in [0.15, 0.2) is 6.10 Å². The Balaban J connectivity index is 0.000000458. The van der Waals surface area contributed by atoms with Gasteiger partial charge < -0.3 is 36.4 Å². The van der Waals surface area contributed by atoms with Crippen molar-refractivity contribution in [2.75, 3.05) is 6.61 Å². The molecule has 0 saturated carbocycles. The summed E-state index contributed by atoms with van der Waals surface area (Å²) in [5, 5.41) is 51.4. The quantitative estimate of drug-likeness (QED) is 0.328. The van der Waals surface area contributed by atoms with Crippen molar-refractivity contribution < 1.29 is 40.2 Å². The average molecular weight is 409 g/mol. The van der Waals surface area contributed by atoms with Crippen LogP contribution >= 0.6 is 0 Å². The highest BCUT2D eigenvalue weighted by Gasteiger charge is 2.32. The lowest BCUT2D eigenvalue weighted by Crippen LogP contribution is -2.50. The smallest absolute Gasteiger partial charge is 0.300 e. The van der Waals surface area contributed by atoms with Gasteiger partial charge in [-0.15, -0.1) is 0 Å². The number of amides is 1. The number of benzene rings is 2. The molecule has 0 fully saturated rings. The van der Waals surface area contributed by atoms with E-state index in [1.165, 1.54) is 11.1 Å². The maximum Gasteiger partial charge on any atom is 0.300 e. The summed E-state index contributed by atoms with van der Waals surface area (Å²) < 4.78 is 0. The highest BCUT2D eigenvalue weighted by molar-refractivity contribution is 5.79. The summed E-state index contributed by atoms with van der Waals surface area (Å²) >= 11 is 0. The second-order valence-electron chi connectivity index (χ2n) is 5.83. The Morgan fingerprint density at radius 3 is 1.45 bits per heavy atom. The molecule has 8 N–H and O–H groups in total. The highest BCUT2D eigenvalue weighted by Crippen LogP contribution is 2.17. The first-order valence-electron chi connectivity index (χ1n) is 8.54. The van der Waals surface area contributed by atoms with Gasteiger partial charge in [0, 0.05) is 6.92 Å². The van der Waals surface area contributed by atoms with Crippen molar-refractivity contribution in [1.82, 2.24) is 0 Å². The molecule has 0 bridgehead atoms. The van der Waals surface area contributed by atoms with Crippen molar-refractivity contribution in [3.05, 3.63) is 60.7 Å². The fourth-order valence-corrected chi connectivity index (χ4v) is 1.95. The number of hydrogen-bond donors (Lipinski definition) is 7. The van der Waals surface area contributed by atoms with E-state index in [1.807, 2.05) is 12.1 Å². The molecule has 29 heavy (non-hydrogen) atoms. The number of aliphatic hydroxyl groups excluding tert-OH is 5. The number of rotatable bonds is 6. The van der Waals surface area contributed by atoms with Crippen molar-refractivity contribution in [3.63, 3.8) is 0 Å². The molecule has 9 heteroatoms. The third-order valence-corrected chi connectivity index (χ3v) is 3.43. The Labute approximate surface area is 168 Å². The number of carbonyl (C=O) groups is 2. The molecule has 0 aliphatic carbocycles. The van der Waals surface area contributed by atoms with Crippen molar-refractivity contribution in [3.8, 4) is 11.1 Å². The van der Waals surface area contributed by atoms with Gasteiger partial charge in [-0.05, 0) is 11.1 Å². The molecule has 0 aliphatic heterocycles. The summed E-state index contributed by atoms with van der Waals surface area (Å²) in [7, 11) is 0. The number of nitrogens with two attached hydrogens (primary N) is 1. The Hall–Kier alpha value is -2.82. The zero-order chi connectivity index (χ0) is 22.4. The number of carbonyl (C=O) groups excluding carboxylic acids is 1. The summed E-state index contributed by atoms with van der Waals surface area (Å²) in [5.41, 5.74) is 7.16. The minimum absolute atomic E-state index is 0.802. The molecule has 2 rings (SSSR count). The highest BCUT2D eigenvalue weighted by atomic mass is 16.4. The van der Waals surface area contributed by atoms with E-state index in [4.69, 9.17) is 35.4 Å². The van der Waals surface area contributed by atoms with Gasteiger partial charge in [0.1, 0.15) is 18.3 Å². The largest absolute Gasteiger partial charge is 0.481 e. The molecule has 160 valence electrons. The molecule has 2 aromatic rings. The number of carboxylic acid groups (broad SMARTS) is 1. The summed E-state index contributed by atoms with van der Waals surface area (Å²) in [6.45, 7) is 0.281. The van der Waals surface area contributed by atoms with E-state index in [9.17, 15) is 4.79 Å². The Morgan fingerprint density at radius 1 is 0.828 bits per heavy atom. The molecule has 0 aromatic heterocycles. The van der Waals surface area contributed by atoms with Crippen LogP contribution in [0.25, 0.3) is 11.1 Å². The Bertz CT molecular complexity index is 669. The number of primary amides is 1. The van der Waals surface area contributed by atoms with E-state index in [1.54, 1.807) is 0 Å². The van der Waals surface area contributed by atoms with Gasteiger partial charge in [-0.1, -0.05) is 60.7 Å². The Kier molecular flexibility index (Phi) is 12.8. The molecule has 9 nitrogen and oxygen atoms in total. The molecule has 1 amide bonds. The topological polar surface area (TPSA) is 182 Å². The SMILES string of the molecule is CC(=O)O.NC(=O)C(O)C(O)C(O)C(O)CO.c1ccc(-c2ccccc2)cc1. The third-order valence-electron chi connectivity index (χ3n) is 3.43. The first kappa shape index (κ1) is 26.2. The zero-order valence-electron chi connectivity index (χ0n) is 15.9. The van der Waals surface area contributed by atoms with Crippen molar-refractivity contribution in [1.29, 1.82) is 0 Å². The lowest BCUT2D eigenvalue weighted by molar-refractivity contribution is -0.146. The average Bonchev–Trinajstić information content (AvgIpc) is 2.72. The second-order valence-corrected chi connectivity index (χ2v) is 5.83. The van der Waals surface area contributed by atoms with Crippen molar-refractivity contribution in [2.24, 2.45) is 5.73 Å². The fraction of sp³-hybridized carbons (Fsp3) is 0.300. The minimum Gasteiger partial charge on any atom is -0.481 e. The van der Waals surface area contributed by atoms with E-state index in [-0.39, 0.29) is 0 Å². The normalized spacial score (nSPS) is 14.0. The van der Waals surface area contributed by atoms with Gasteiger partial charge in [-0.3, -0.25) is 9.59 Å². The van der Waals surface area contributed by atoms with Crippen LogP contribution < -0.4 is 5.73 Å². The summed E-state index contributed by atoms with van der Waals surface area (Å²) in [6, 6.07) is 20.8. The van der Waals surface area contributed by atoms with E-state index < -0.39 is 42.9 Å². The van der Waals surface area contributed by atoms with Crippen LogP contribution in [0.1, 0.15) is 6.92 Å². The van der Waals surface area contributed by atoms with E-state index in [0.29, 0.717) is 0 Å². The van der Waals surface area contributed by atoms with Crippen LogP contribution in [0.4, 0.5) is 0 Å². The third kappa shape index (κ3) is 10.9. The van der Waals surface area contributed by atoms with Crippen LogP contribution in [0.3, 0.4) is 0 Å². The molecule has 0 aliphatic rings. The lowest BCUT2D eigenvalue weighted by Gasteiger charge is -2.23. The zero-order valence-corrected chi connectivity index (χ0v) is 15.9. The van der Waals surface area contributed by atoms with Crippen LogP contribution in [0, 0.1) is 0 Å². The van der Waals surface area contributed by atoms with Crippen LogP contribution in [0.15, 0.2) is 60.7 Å². The number of aliphatic carboxylic acids is 1. The van der Waals surface area contributed by atoms with E-state index in [2.05, 4.69) is 54.3 Å². The molecular formula is C20H27NO8. The van der Waals surface area contributed by atoms with Crippen molar-refractivity contribution >= 4 is 11.9 Å². The summed E-state index contributed by atoms with van der Waals surface area (Å²) in [6.07, 6.45) is -7.35. The van der Waals surface area contributed by atoms with Gasteiger partial charge in [0.25, 0.3) is 5.97 Å². The standard InChI is InChI=1S/C12H10.C6H13NO6.C2H4O2/c1-3-7-11(8-4-1)12-9-5-2-6-10-12;7-6(13)5(12)4(11)3(10)2(9)1-8;1-2(3)4/h1-10H;2-5,8-12H,1H2,(H2,7,13);1H3,(H,3,4). The molecule has 2 aromatic carbocycles. The lowest BCUT2D eigenvalue weighted by atomic mass is 10.0. The summed E-state index contributed by atoms with van der Waals surface area (Å²) in [4.78, 5) is 19.3. The molecule has 0 radical (unpaired) electrons. The van der Waals surface area contributed by atoms with Gasteiger partial charge in [0.05, 0.1) is 6.61 Å². The number of aliphatic hydroxyl groups is 5. The number of hydrogen-bond acceptors (Lipinski definition) is 7. The maximum atomic E-state index is 10.3. The van der Waals surface area contributed by atoms with Crippen LogP contribution in [-0.2, 0) is 9.59 Å². The van der Waals surface area contributed by atoms with Gasteiger partial charge in [0.2, 0.25) is 5.91 Å². The van der Waals surface area contributed by atoms with Crippen LogP contribution in [-0.4, -0.2) is 73.5 Å². The second kappa shape index (κ2) is 14.2. The van der Waals surface area contributed by atoms with Gasteiger partial charge in [-0.2, -0.15) is 0 Å². The van der Waals surface area contributed by atoms with Gasteiger partial charge >= 0.3 is 0 Å². The minimum atomic E-state index is -1.98. The first-order chi connectivity index (χ1) is 13.6. The number of carboxylic acids is 1. The molecule has 0 heterocycles. The maximum absolute atomic E-state index is 10.3. The summed E-state index contributed by atoms with van der Waals surface area (Å²) in [5.74, 6) is -2.06. The van der Waals surface area contributed by atoms with Crippen LogP contribution in [0.5, 0.6) is 0 Å². The Morgan fingerprint density at radius 2 is 1.17 bits per heavy atom. The van der Waals surface area contributed by atoms with E-state index in [0.717, 1.165) is 6.92 Å². The monoisotopic (exact) mass is 409 g/mol. The molecule has 0 spiro atoms. The first-order valence-corrected chi connectivity index (χ1v) is 8.54. The van der Waals surface area contributed by atoms with Crippen molar-refractivity contribution in [2.45, 2.75) is 31.3 Å².